The lowest BCUT2D eigenvalue weighted by molar-refractivity contribution is 0.0934. The molecule has 1 N–H and O–H groups in total. The second-order valence-corrected chi connectivity index (χ2v) is 6.33. The number of hydrogen-bond acceptors (Lipinski definition) is 2. The number of carbonyl (C=O) groups excluding carboxylic acids is 1. The van der Waals surface area contributed by atoms with Crippen molar-refractivity contribution in [2.45, 2.75) is 51.0 Å². The van der Waals surface area contributed by atoms with Crippen LogP contribution >= 0.6 is 22.9 Å². The van der Waals surface area contributed by atoms with Gasteiger partial charge in [-0.1, -0.05) is 43.7 Å². The van der Waals surface area contributed by atoms with E-state index in [4.69, 9.17) is 11.6 Å². The maximum Gasteiger partial charge on any atom is 0.261 e. The number of thiophene rings is 1. The molecule has 0 saturated heterocycles. The van der Waals surface area contributed by atoms with E-state index in [2.05, 4.69) is 5.32 Å². The summed E-state index contributed by atoms with van der Waals surface area (Å²) in [5, 5.41) is 3.13. The molecule has 1 fully saturated rings. The van der Waals surface area contributed by atoms with Crippen molar-refractivity contribution in [2.24, 2.45) is 0 Å². The van der Waals surface area contributed by atoms with Gasteiger partial charge in [0.2, 0.25) is 0 Å². The van der Waals surface area contributed by atoms with E-state index in [-0.39, 0.29) is 5.91 Å². The average Bonchev–Trinajstić information content (AvgIpc) is 2.68. The zero-order valence-electron chi connectivity index (χ0n) is 9.88. The smallest absolute Gasteiger partial charge is 0.261 e. The van der Waals surface area contributed by atoms with Crippen molar-refractivity contribution in [1.29, 1.82) is 0 Å². The quantitative estimate of drug-likeness (QED) is 0.856. The molecule has 0 aliphatic heterocycles. The van der Waals surface area contributed by atoms with Crippen LogP contribution in [0.3, 0.4) is 0 Å². The summed E-state index contributed by atoms with van der Waals surface area (Å²) in [6, 6.07) is 3.92. The van der Waals surface area contributed by atoms with Gasteiger partial charge in [0, 0.05) is 6.04 Å². The topological polar surface area (TPSA) is 29.1 Å². The predicted molar refractivity (Wildman–Crippen MR) is 72.9 cm³/mol. The first-order chi connectivity index (χ1) is 8.25. The minimum atomic E-state index is 0.0347. The minimum Gasteiger partial charge on any atom is -0.349 e. The van der Waals surface area contributed by atoms with Gasteiger partial charge in [-0.15, -0.1) is 11.3 Å². The summed E-state index contributed by atoms with van der Waals surface area (Å²) in [6.07, 6.45) is 8.65. The molecule has 0 aromatic carbocycles. The van der Waals surface area contributed by atoms with Gasteiger partial charge in [-0.2, -0.15) is 0 Å². The van der Waals surface area contributed by atoms with Gasteiger partial charge in [-0.3, -0.25) is 4.79 Å². The third-order valence-corrected chi connectivity index (χ3v) is 4.47. The highest BCUT2D eigenvalue weighted by atomic mass is 35.5. The van der Waals surface area contributed by atoms with Crippen LogP contribution in [0.1, 0.15) is 54.6 Å². The van der Waals surface area contributed by atoms with E-state index in [0.29, 0.717) is 10.4 Å². The van der Waals surface area contributed by atoms with E-state index in [0.717, 1.165) is 17.7 Å². The maximum atomic E-state index is 12.0. The van der Waals surface area contributed by atoms with Gasteiger partial charge < -0.3 is 5.32 Å². The molecule has 17 heavy (non-hydrogen) atoms. The first-order valence-electron chi connectivity index (χ1n) is 6.32. The molecule has 1 amide bonds. The third kappa shape index (κ3) is 4.00. The van der Waals surface area contributed by atoms with Crippen LogP contribution in [-0.2, 0) is 0 Å². The van der Waals surface area contributed by atoms with Crippen molar-refractivity contribution in [1.82, 2.24) is 5.32 Å². The summed E-state index contributed by atoms with van der Waals surface area (Å²) in [5.74, 6) is 0.0347. The van der Waals surface area contributed by atoms with E-state index in [1.54, 1.807) is 12.1 Å². The Bertz CT molecular complexity index is 369. The molecule has 0 bridgehead atoms. The molecular formula is C13H18ClNOS. The molecule has 1 heterocycles. The normalized spacial score (nSPS) is 18.4. The standard InChI is InChI=1S/C13H18ClNOS/c14-12-9-8-11(17-12)13(16)15-10-6-4-2-1-3-5-7-10/h8-10H,1-7H2,(H,15,16). The van der Waals surface area contributed by atoms with Crippen molar-refractivity contribution >= 4 is 28.8 Å². The summed E-state index contributed by atoms with van der Waals surface area (Å²) in [4.78, 5) is 12.7. The zero-order chi connectivity index (χ0) is 12.1. The molecule has 1 aliphatic rings. The number of carbonyl (C=O) groups is 1. The third-order valence-electron chi connectivity index (χ3n) is 3.24. The summed E-state index contributed by atoms with van der Waals surface area (Å²) < 4.78 is 0.674. The fraction of sp³-hybridized carbons (Fsp3) is 0.615. The second-order valence-electron chi connectivity index (χ2n) is 4.62. The van der Waals surface area contributed by atoms with E-state index < -0.39 is 0 Å². The Labute approximate surface area is 111 Å². The second kappa shape index (κ2) is 6.41. The number of rotatable bonds is 2. The van der Waals surface area contributed by atoms with Gasteiger partial charge in [0.1, 0.15) is 0 Å². The van der Waals surface area contributed by atoms with Crippen LogP contribution in [0.4, 0.5) is 0 Å². The van der Waals surface area contributed by atoms with Gasteiger partial charge >= 0.3 is 0 Å². The Morgan fingerprint density at radius 2 is 1.82 bits per heavy atom. The van der Waals surface area contributed by atoms with Crippen LogP contribution in [0.15, 0.2) is 12.1 Å². The van der Waals surface area contributed by atoms with Crippen molar-refractivity contribution < 1.29 is 4.79 Å². The first-order valence-corrected chi connectivity index (χ1v) is 7.51. The highest BCUT2D eigenvalue weighted by Gasteiger charge is 2.16. The SMILES string of the molecule is O=C(NC1CCCCCCC1)c1ccc(Cl)s1. The van der Waals surface area contributed by atoms with E-state index in [9.17, 15) is 4.79 Å². The fourth-order valence-corrected chi connectivity index (χ4v) is 3.24. The molecule has 1 aromatic heterocycles. The van der Waals surface area contributed by atoms with Gasteiger partial charge in [0.05, 0.1) is 9.21 Å². The molecular weight excluding hydrogens is 254 g/mol. The lowest BCUT2D eigenvalue weighted by atomic mass is 9.97. The molecule has 0 atom stereocenters. The van der Waals surface area contributed by atoms with Crippen LogP contribution in [0, 0.1) is 0 Å². The monoisotopic (exact) mass is 271 g/mol. The van der Waals surface area contributed by atoms with Crippen LogP contribution in [0.2, 0.25) is 4.34 Å². The summed E-state index contributed by atoms with van der Waals surface area (Å²) in [5.41, 5.74) is 0. The van der Waals surface area contributed by atoms with Crippen LogP contribution in [-0.4, -0.2) is 11.9 Å². The Balaban J connectivity index is 1.88. The van der Waals surface area contributed by atoms with Crippen molar-refractivity contribution in [3.8, 4) is 0 Å². The Morgan fingerprint density at radius 1 is 1.18 bits per heavy atom. The van der Waals surface area contributed by atoms with Gasteiger partial charge in [-0.05, 0) is 25.0 Å². The van der Waals surface area contributed by atoms with Crippen LogP contribution < -0.4 is 5.32 Å². The largest absolute Gasteiger partial charge is 0.349 e. The molecule has 1 saturated carbocycles. The minimum absolute atomic E-state index is 0.0347. The molecule has 2 nitrogen and oxygen atoms in total. The Hall–Kier alpha value is -0.540. The Kier molecular flexibility index (Phi) is 4.86. The van der Waals surface area contributed by atoms with E-state index >= 15 is 0 Å². The van der Waals surface area contributed by atoms with Gasteiger partial charge in [0.15, 0.2) is 0 Å². The molecule has 94 valence electrons. The lowest BCUT2D eigenvalue weighted by Crippen LogP contribution is -2.34. The van der Waals surface area contributed by atoms with E-state index in [1.807, 2.05) is 0 Å². The maximum absolute atomic E-state index is 12.0. The molecule has 1 aromatic rings. The summed E-state index contributed by atoms with van der Waals surface area (Å²) in [6.45, 7) is 0. The van der Waals surface area contributed by atoms with Gasteiger partial charge in [0.25, 0.3) is 5.91 Å². The van der Waals surface area contributed by atoms with Crippen molar-refractivity contribution in [2.75, 3.05) is 0 Å². The number of amides is 1. The first kappa shape index (κ1) is 12.9. The number of halogens is 1. The summed E-state index contributed by atoms with van der Waals surface area (Å²) >= 11 is 7.18. The Morgan fingerprint density at radius 3 is 2.41 bits per heavy atom. The molecule has 0 unspecified atom stereocenters. The average molecular weight is 272 g/mol. The molecule has 0 spiro atoms. The summed E-state index contributed by atoms with van der Waals surface area (Å²) in [7, 11) is 0. The fourth-order valence-electron chi connectivity index (χ4n) is 2.29. The van der Waals surface area contributed by atoms with Crippen molar-refractivity contribution in [3.63, 3.8) is 0 Å². The highest BCUT2D eigenvalue weighted by molar-refractivity contribution is 7.17. The van der Waals surface area contributed by atoms with Gasteiger partial charge in [-0.25, -0.2) is 0 Å². The highest BCUT2D eigenvalue weighted by Crippen LogP contribution is 2.22. The van der Waals surface area contributed by atoms with Crippen molar-refractivity contribution in [3.05, 3.63) is 21.3 Å². The van der Waals surface area contributed by atoms with Crippen LogP contribution in [0.25, 0.3) is 0 Å². The van der Waals surface area contributed by atoms with E-state index in [1.165, 1.54) is 43.4 Å². The molecule has 0 radical (unpaired) electrons. The van der Waals surface area contributed by atoms with Crippen LogP contribution in [0.5, 0.6) is 0 Å². The molecule has 4 heteroatoms. The zero-order valence-corrected chi connectivity index (χ0v) is 11.4. The predicted octanol–water partition coefficient (Wildman–Crippen LogP) is 4.24. The molecule has 1 aliphatic carbocycles. The number of nitrogens with one attached hydrogen (secondary N) is 1. The lowest BCUT2D eigenvalue weighted by Gasteiger charge is -2.20. The molecule has 2 rings (SSSR count). The number of hydrogen-bond donors (Lipinski definition) is 1.